The number of methoxy groups -OCH3 is 1. The summed E-state index contributed by atoms with van der Waals surface area (Å²) in [5.74, 6) is -3.42. The third kappa shape index (κ3) is 3.83. The van der Waals surface area contributed by atoms with E-state index in [1.165, 1.54) is 7.11 Å². The number of fused-ring (bicyclic) bond motifs is 1. The lowest BCUT2D eigenvalue weighted by atomic mass is 9.94. The van der Waals surface area contributed by atoms with Crippen molar-refractivity contribution in [2.45, 2.75) is 13.0 Å². The Balaban J connectivity index is 1.75. The van der Waals surface area contributed by atoms with Crippen LogP contribution in [0.3, 0.4) is 0 Å². The second kappa shape index (κ2) is 8.59. The number of aryl methyl sites for hydroxylation is 1. The van der Waals surface area contributed by atoms with Crippen LogP contribution in [0.15, 0.2) is 66.2 Å². The molecule has 1 N–H and O–H groups in total. The van der Waals surface area contributed by atoms with E-state index < -0.39 is 29.4 Å². The molecule has 2 heterocycles. The molecule has 1 unspecified atom stereocenters. The molecular formula is C26H18F2N2O4S. The van der Waals surface area contributed by atoms with E-state index in [0.717, 1.165) is 27.9 Å². The lowest BCUT2D eigenvalue weighted by molar-refractivity contribution is -0.132. The summed E-state index contributed by atoms with van der Waals surface area (Å²) in [7, 11) is 1.47. The monoisotopic (exact) mass is 492 g/mol. The number of thiazole rings is 1. The van der Waals surface area contributed by atoms with Crippen LogP contribution in [0.5, 0.6) is 5.75 Å². The minimum absolute atomic E-state index is 0.0165. The van der Waals surface area contributed by atoms with E-state index in [4.69, 9.17) is 4.74 Å². The third-order valence-corrected chi connectivity index (χ3v) is 6.76. The van der Waals surface area contributed by atoms with E-state index in [0.29, 0.717) is 17.4 Å². The normalized spacial score (nSPS) is 17.4. The van der Waals surface area contributed by atoms with E-state index >= 15 is 0 Å². The van der Waals surface area contributed by atoms with Crippen molar-refractivity contribution in [2.24, 2.45) is 0 Å². The lowest BCUT2D eigenvalue weighted by Crippen LogP contribution is -2.29. The van der Waals surface area contributed by atoms with Gasteiger partial charge in [0.25, 0.3) is 5.78 Å². The summed E-state index contributed by atoms with van der Waals surface area (Å²) < 4.78 is 33.6. The molecule has 1 saturated heterocycles. The highest BCUT2D eigenvalue weighted by molar-refractivity contribution is 7.22. The number of nitrogens with zero attached hydrogens (tertiary/aromatic N) is 2. The molecule has 0 radical (unpaired) electrons. The topological polar surface area (TPSA) is 79.7 Å². The molecule has 4 aromatic rings. The maximum Gasteiger partial charge on any atom is 0.301 e. The van der Waals surface area contributed by atoms with Gasteiger partial charge in [0.2, 0.25) is 0 Å². The van der Waals surface area contributed by atoms with Gasteiger partial charge >= 0.3 is 5.91 Å². The fraction of sp³-hybridized carbons (Fsp3) is 0.115. The number of carbonyl (C=O) groups excluding carboxylic acids is 2. The molecule has 0 aliphatic carbocycles. The van der Waals surface area contributed by atoms with E-state index in [9.17, 15) is 23.5 Å². The summed E-state index contributed by atoms with van der Waals surface area (Å²) in [4.78, 5) is 31.9. The molecule has 0 bridgehead atoms. The predicted octanol–water partition coefficient (Wildman–Crippen LogP) is 5.52. The number of aliphatic hydroxyl groups excluding tert-OH is 1. The number of aromatic nitrogens is 1. The standard InChI is InChI=1S/C26H18F2N2O4S/c1-13-5-3-6-14(9-13)22-20(23(31)15-7-4-8-17(10-15)34-2)24(32)25(33)30(22)26-29-21-18(28)11-16(27)12-19(21)35-26/h3-12,22,31H,1-2H3/b23-20+. The van der Waals surface area contributed by atoms with E-state index in [-0.39, 0.29) is 32.2 Å². The molecule has 0 spiro atoms. The van der Waals surface area contributed by atoms with Crippen LogP contribution in [-0.2, 0) is 9.59 Å². The zero-order valence-corrected chi connectivity index (χ0v) is 19.4. The first-order valence-electron chi connectivity index (χ1n) is 10.6. The first-order chi connectivity index (χ1) is 16.8. The Morgan fingerprint density at radius 3 is 2.60 bits per heavy atom. The number of ether oxygens (including phenoxy) is 1. The molecule has 1 atom stereocenters. The molecule has 1 amide bonds. The third-order valence-electron chi connectivity index (χ3n) is 5.75. The molecule has 5 rings (SSSR count). The maximum absolute atomic E-state index is 14.4. The van der Waals surface area contributed by atoms with Crippen LogP contribution in [-0.4, -0.2) is 28.9 Å². The average molecular weight is 493 g/mol. The number of carbonyl (C=O) groups is 2. The van der Waals surface area contributed by atoms with Gasteiger partial charge < -0.3 is 9.84 Å². The molecule has 1 aliphatic rings. The van der Waals surface area contributed by atoms with Gasteiger partial charge in [0.05, 0.1) is 23.4 Å². The van der Waals surface area contributed by atoms with Crippen molar-refractivity contribution in [1.29, 1.82) is 0 Å². The van der Waals surface area contributed by atoms with E-state index in [1.54, 1.807) is 42.5 Å². The van der Waals surface area contributed by atoms with Gasteiger partial charge in [-0.1, -0.05) is 53.3 Å². The minimum Gasteiger partial charge on any atom is -0.507 e. The second-order valence-electron chi connectivity index (χ2n) is 8.05. The zero-order valence-electron chi connectivity index (χ0n) is 18.6. The van der Waals surface area contributed by atoms with Gasteiger partial charge in [-0.25, -0.2) is 13.8 Å². The molecule has 0 saturated carbocycles. The summed E-state index contributed by atoms with van der Waals surface area (Å²) >= 11 is 0.884. The number of halogens is 2. The van der Waals surface area contributed by atoms with Crippen LogP contribution in [0.25, 0.3) is 16.0 Å². The number of aliphatic hydroxyl groups is 1. The first kappa shape index (κ1) is 22.7. The molecule has 1 aliphatic heterocycles. The highest BCUT2D eigenvalue weighted by Crippen LogP contribution is 2.44. The van der Waals surface area contributed by atoms with Crippen molar-refractivity contribution in [3.63, 3.8) is 0 Å². The number of amides is 1. The average Bonchev–Trinajstić information content (AvgIpc) is 3.37. The summed E-state index contributed by atoms with van der Waals surface area (Å²) in [6, 6.07) is 14.4. The van der Waals surface area contributed by atoms with Crippen LogP contribution < -0.4 is 9.64 Å². The number of ketones is 1. The van der Waals surface area contributed by atoms with Crippen molar-refractivity contribution in [2.75, 3.05) is 12.0 Å². The number of hydrogen-bond acceptors (Lipinski definition) is 6. The van der Waals surface area contributed by atoms with Gasteiger partial charge in [-0.3, -0.25) is 14.5 Å². The van der Waals surface area contributed by atoms with Crippen LogP contribution in [0.4, 0.5) is 13.9 Å². The smallest absolute Gasteiger partial charge is 0.301 e. The Bertz CT molecular complexity index is 1550. The summed E-state index contributed by atoms with van der Waals surface area (Å²) in [6.45, 7) is 1.85. The molecule has 35 heavy (non-hydrogen) atoms. The Morgan fingerprint density at radius 2 is 1.86 bits per heavy atom. The van der Waals surface area contributed by atoms with Crippen molar-refractivity contribution in [3.8, 4) is 5.75 Å². The number of benzene rings is 3. The molecule has 9 heteroatoms. The highest BCUT2D eigenvalue weighted by Gasteiger charge is 2.48. The summed E-state index contributed by atoms with van der Waals surface area (Å²) in [5, 5.41) is 11.2. The first-order valence-corrected chi connectivity index (χ1v) is 11.4. The van der Waals surface area contributed by atoms with Crippen LogP contribution in [0.2, 0.25) is 0 Å². The van der Waals surface area contributed by atoms with Crippen molar-refractivity contribution < 1.29 is 28.2 Å². The van der Waals surface area contributed by atoms with E-state index in [1.807, 2.05) is 13.0 Å². The Kier molecular flexibility index (Phi) is 5.56. The fourth-order valence-corrected chi connectivity index (χ4v) is 5.19. The predicted molar refractivity (Wildman–Crippen MR) is 128 cm³/mol. The molecule has 1 aromatic heterocycles. The number of Topliss-reactive ketones (excluding diaryl/α,β-unsaturated/α-hetero) is 1. The van der Waals surface area contributed by atoms with Crippen LogP contribution >= 0.6 is 11.3 Å². The quantitative estimate of drug-likeness (QED) is 0.231. The molecule has 176 valence electrons. The second-order valence-corrected chi connectivity index (χ2v) is 9.06. The largest absolute Gasteiger partial charge is 0.507 e. The molecule has 1 fully saturated rings. The molecule has 3 aromatic carbocycles. The van der Waals surface area contributed by atoms with Gasteiger partial charge in [0.1, 0.15) is 22.8 Å². The number of hydrogen-bond donors (Lipinski definition) is 1. The lowest BCUT2D eigenvalue weighted by Gasteiger charge is -2.23. The van der Waals surface area contributed by atoms with Crippen molar-refractivity contribution in [1.82, 2.24) is 4.98 Å². The molecule has 6 nitrogen and oxygen atoms in total. The molecular weight excluding hydrogens is 474 g/mol. The maximum atomic E-state index is 14.4. The van der Waals surface area contributed by atoms with Gasteiger partial charge in [0, 0.05) is 11.6 Å². The van der Waals surface area contributed by atoms with Gasteiger partial charge in [-0.2, -0.15) is 0 Å². The Hall–Kier alpha value is -4.11. The van der Waals surface area contributed by atoms with Crippen LogP contribution in [0.1, 0.15) is 22.7 Å². The SMILES string of the molecule is COc1cccc(/C(O)=C2\C(=O)C(=O)N(c3nc4c(F)cc(F)cc4s3)C2c2cccc(C)c2)c1. The summed E-state index contributed by atoms with van der Waals surface area (Å²) in [5.41, 5.74) is 1.47. The summed E-state index contributed by atoms with van der Waals surface area (Å²) in [6.07, 6.45) is 0. The Labute approximate surface area is 202 Å². The minimum atomic E-state index is -1.03. The van der Waals surface area contributed by atoms with Gasteiger partial charge in [-0.05, 0) is 30.7 Å². The van der Waals surface area contributed by atoms with Crippen molar-refractivity contribution >= 4 is 44.1 Å². The van der Waals surface area contributed by atoms with Gasteiger partial charge in [-0.15, -0.1) is 0 Å². The van der Waals surface area contributed by atoms with Gasteiger partial charge in [0.15, 0.2) is 10.9 Å². The van der Waals surface area contributed by atoms with Crippen LogP contribution in [0, 0.1) is 18.6 Å². The van der Waals surface area contributed by atoms with Crippen molar-refractivity contribution in [3.05, 3.63) is 94.6 Å². The number of anilines is 1. The Morgan fingerprint density at radius 1 is 1.09 bits per heavy atom. The number of rotatable bonds is 4. The zero-order chi connectivity index (χ0) is 24.9. The highest BCUT2D eigenvalue weighted by atomic mass is 32.1. The fourth-order valence-electron chi connectivity index (χ4n) is 4.16. The van der Waals surface area contributed by atoms with E-state index in [2.05, 4.69) is 4.98 Å².